The number of unbranched alkanes of at least 4 members (excludes halogenated alkanes) is 1. The van der Waals surface area contributed by atoms with E-state index < -0.39 is 73.3 Å². The molecule has 384 valence electrons. The van der Waals surface area contributed by atoms with E-state index in [1.165, 1.54) is 4.90 Å². The van der Waals surface area contributed by atoms with E-state index in [0.717, 1.165) is 10.5 Å². The maximum absolute atomic E-state index is 13.6. The van der Waals surface area contributed by atoms with Gasteiger partial charge in [-0.1, -0.05) is 12.1 Å². The number of rotatable bonds is 25. The second-order valence-corrected chi connectivity index (χ2v) is 17.1. The van der Waals surface area contributed by atoms with E-state index in [9.17, 15) is 68.8 Å². The number of nitrogens with two attached hydrogens (primary N) is 2. The Hall–Kier alpha value is -5.97. The predicted octanol–water partition coefficient (Wildman–Crippen LogP) is -5.35. The number of aliphatic carboxylic acids is 3. The van der Waals surface area contributed by atoms with E-state index in [0.29, 0.717) is 19.3 Å². The van der Waals surface area contributed by atoms with E-state index in [1.54, 1.807) is 50.9 Å². The van der Waals surface area contributed by atoms with Crippen LogP contribution in [0.5, 0.6) is 0 Å². The Morgan fingerprint density at radius 3 is 1.78 bits per heavy atom. The second-order valence-electron chi connectivity index (χ2n) is 17.1. The molecule has 0 radical (unpaired) electrons. The summed E-state index contributed by atoms with van der Waals surface area (Å²) in [7, 11) is -0.195. The summed E-state index contributed by atoms with van der Waals surface area (Å²) in [5, 5.41) is 65.4. The Bertz CT molecular complexity index is 1880. The molecule has 27 heteroatoms. The third-order valence-electron chi connectivity index (χ3n) is 11.5. The van der Waals surface area contributed by atoms with E-state index in [2.05, 4.69) is 20.9 Å². The minimum Gasteiger partial charge on any atom is -0.480 e. The molecule has 2 heterocycles. The van der Waals surface area contributed by atoms with Crippen LogP contribution in [0.2, 0.25) is 0 Å². The van der Waals surface area contributed by atoms with Crippen LogP contribution in [-0.2, 0) is 40.1 Å². The molecule has 1 aromatic carbocycles. The fourth-order valence-corrected chi connectivity index (χ4v) is 7.82. The zero-order valence-corrected chi connectivity index (χ0v) is 39.1. The van der Waals surface area contributed by atoms with E-state index >= 15 is 0 Å². The summed E-state index contributed by atoms with van der Waals surface area (Å²) in [5.41, 5.74) is 11.9. The van der Waals surface area contributed by atoms with Gasteiger partial charge in [-0.05, 0) is 49.8 Å². The number of carbonyl (C=O) groups excluding carboxylic acids is 5. The molecule has 13 N–H and O–H groups in total. The molecule has 0 bridgehead atoms. The van der Waals surface area contributed by atoms with E-state index in [4.69, 9.17) is 11.5 Å². The van der Waals surface area contributed by atoms with Gasteiger partial charge in [0.2, 0.25) is 23.6 Å². The maximum atomic E-state index is 13.6. The summed E-state index contributed by atoms with van der Waals surface area (Å²) in [6.07, 6.45) is 0.672. The van der Waals surface area contributed by atoms with Gasteiger partial charge in [0.05, 0.1) is 44.8 Å². The van der Waals surface area contributed by atoms with Crippen molar-refractivity contribution in [1.82, 2.24) is 45.3 Å². The predicted molar refractivity (Wildman–Crippen MR) is 249 cm³/mol. The highest BCUT2D eigenvalue weighted by Gasteiger charge is 2.41. The molecule has 2 aliphatic heterocycles. The Morgan fingerprint density at radius 2 is 1.29 bits per heavy atom. The summed E-state index contributed by atoms with van der Waals surface area (Å²) in [6.45, 7) is 0.680. The first-order valence-electron chi connectivity index (χ1n) is 22.8. The Morgan fingerprint density at radius 1 is 0.768 bits per heavy atom. The number of nitrogens with zero attached hydrogens (tertiary/aromatic N) is 7. The van der Waals surface area contributed by atoms with Crippen LogP contribution in [0, 0.1) is 0 Å². The molecule has 0 spiro atoms. The zero-order valence-electron chi connectivity index (χ0n) is 39.1. The lowest BCUT2D eigenvalue weighted by Gasteiger charge is -2.33. The van der Waals surface area contributed by atoms with Gasteiger partial charge < -0.3 is 67.7 Å². The molecule has 3 atom stereocenters. The lowest BCUT2D eigenvalue weighted by molar-refractivity contribution is -0.140. The average molecular weight is 977 g/mol. The average Bonchev–Trinajstić information content (AvgIpc) is 3.68. The number of carboxylic acid groups (broad SMARTS) is 3. The van der Waals surface area contributed by atoms with E-state index in [1.807, 2.05) is 0 Å². The topological polar surface area (TPSA) is 378 Å². The van der Waals surface area contributed by atoms with Crippen molar-refractivity contribution in [1.29, 1.82) is 0 Å². The molecule has 0 aromatic heterocycles. The lowest BCUT2D eigenvalue weighted by Crippen LogP contribution is -2.52. The van der Waals surface area contributed by atoms with Gasteiger partial charge in [0.25, 0.3) is 5.91 Å². The minimum absolute atomic E-state index is 0.00983. The molecule has 2 aliphatic rings. The Balaban J connectivity index is 1.51. The number of aliphatic imine (C=N–C) groups is 1. The van der Waals surface area contributed by atoms with Gasteiger partial charge >= 0.3 is 25.0 Å². The number of hydrogen-bond acceptors (Lipinski definition) is 16. The summed E-state index contributed by atoms with van der Waals surface area (Å²) < 4.78 is 0. The quantitative estimate of drug-likeness (QED) is 0.0189. The van der Waals surface area contributed by atoms with Gasteiger partial charge in [-0.3, -0.25) is 62.9 Å². The molecule has 0 aliphatic carbocycles. The number of likely N-dealkylation sites (tertiary alicyclic amines) is 1. The van der Waals surface area contributed by atoms with Crippen molar-refractivity contribution in [3.8, 4) is 0 Å². The minimum atomic E-state index is -1.83. The number of guanidine groups is 1. The van der Waals surface area contributed by atoms with Crippen LogP contribution in [-0.4, -0.2) is 250 Å². The van der Waals surface area contributed by atoms with Crippen LogP contribution >= 0.6 is 0 Å². The maximum Gasteiger partial charge on any atom is 0.475 e. The first kappa shape index (κ1) is 57.4. The smallest absolute Gasteiger partial charge is 0.475 e. The highest BCUT2D eigenvalue weighted by Crippen LogP contribution is 2.19. The number of carbonyl (C=O) groups is 8. The van der Waals surface area contributed by atoms with Crippen molar-refractivity contribution in [2.45, 2.75) is 63.2 Å². The summed E-state index contributed by atoms with van der Waals surface area (Å²) >= 11 is 0. The second kappa shape index (κ2) is 29.8. The molecule has 26 nitrogen and oxygen atoms in total. The van der Waals surface area contributed by atoms with Crippen molar-refractivity contribution in [3.63, 3.8) is 0 Å². The van der Waals surface area contributed by atoms with Crippen LogP contribution in [0.4, 0.5) is 0 Å². The van der Waals surface area contributed by atoms with Crippen LogP contribution in [0.3, 0.4) is 0 Å². The number of hydrogen-bond donors (Lipinski definition) is 11. The van der Waals surface area contributed by atoms with Gasteiger partial charge in [-0.25, -0.2) is 0 Å². The summed E-state index contributed by atoms with van der Waals surface area (Å²) in [5.74, 6) is -6.60. The highest BCUT2D eigenvalue weighted by molar-refractivity contribution is 6.43. The molecule has 1 aromatic rings. The van der Waals surface area contributed by atoms with Crippen LogP contribution in [0.25, 0.3) is 0 Å². The number of aliphatic hydroxyl groups is 1. The number of nitrogens with one attached hydrogen (secondary N) is 3. The van der Waals surface area contributed by atoms with Crippen molar-refractivity contribution >= 4 is 60.5 Å². The largest absolute Gasteiger partial charge is 0.480 e. The molecule has 3 rings (SSSR count). The molecule has 5 amide bonds. The number of aliphatic hydroxyl groups excluding tert-OH is 1. The van der Waals surface area contributed by atoms with Gasteiger partial charge in [-0.15, -0.1) is 0 Å². The van der Waals surface area contributed by atoms with Crippen molar-refractivity contribution in [3.05, 3.63) is 35.4 Å². The van der Waals surface area contributed by atoms with Gasteiger partial charge in [0.1, 0.15) is 6.04 Å². The van der Waals surface area contributed by atoms with Crippen LogP contribution in [0.15, 0.2) is 29.3 Å². The fraction of sp³-hybridized carbons (Fsp3) is 0.643. The van der Waals surface area contributed by atoms with Gasteiger partial charge in [0.15, 0.2) is 5.96 Å². The highest BCUT2D eigenvalue weighted by atomic mass is 16.4. The fourth-order valence-electron chi connectivity index (χ4n) is 7.82. The zero-order chi connectivity index (χ0) is 51.0. The third kappa shape index (κ3) is 22.3. The standard InChI is InChI=1S/C42H69BN12O14/c1-50(23-29-7-9-30(10-8-29)40(66)48-22-36(59)55-24-31(56)21-33(55)43(68)69)35(58)6-2-3-11-46-41(67)32(5-4-12-47-42(44)45)49-34(57)25-51-13-15-52(26-37(60)61)17-19-54(28-39(64)65)20-18-53(16-14-51)27-38(62)63/h7-10,31-33,56,68-69H,2-6,11-28H2,1H3,(H,46,67)(H,48,66)(H,49,57)(H,60,61)(H,62,63)(H,64,65)(H4,44,45,47)/t31?,32-,33?/m0/s1. The van der Waals surface area contributed by atoms with Gasteiger partial charge in [0, 0.05) is 97.6 Å². The Labute approximate surface area is 400 Å². The molecular weight excluding hydrogens is 907 g/mol. The molecule has 2 fully saturated rings. The SMILES string of the molecule is CN(Cc1ccc(C(=O)NCC(=O)N2CC(O)CC2B(O)O)cc1)C(=O)CCCCNC(=O)[C@H](CCCN=C(N)N)NC(=O)CN1CCN(CC(=O)O)CCN(CC(=O)O)CCN(CC(=O)O)CC1. The number of benzene rings is 1. The number of β-amino-alcohol motifs (C(OH)–C–C–N with tert-alkyl or cyclic N) is 1. The van der Waals surface area contributed by atoms with Crippen LogP contribution < -0.4 is 27.4 Å². The lowest BCUT2D eigenvalue weighted by atomic mass is 9.77. The summed E-state index contributed by atoms with van der Waals surface area (Å²) in [4.78, 5) is 113. The normalized spacial score (nSPS) is 18.2. The molecule has 69 heavy (non-hydrogen) atoms. The van der Waals surface area contributed by atoms with Crippen LogP contribution in [0.1, 0.15) is 54.4 Å². The molecule has 0 saturated carbocycles. The molecule has 2 saturated heterocycles. The first-order chi connectivity index (χ1) is 32.7. The number of carboxylic acids is 3. The Kier molecular flexibility index (Phi) is 24.8. The molecular formula is C42H69BN12O14. The van der Waals surface area contributed by atoms with Gasteiger partial charge in [-0.2, -0.15) is 0 Å². The third-order valence-corrected chi connectivity index (χ3v) is 11.5. The number of amides is 5. The van der Waals surface area contributed by atoms with Crippen molar-refractivity contribution < 1.29 is 68.8 Å². The van der Waals surface area contributed by atoms with E-state index in [-0.39, 0.29) is 141 Å². The van der Waals surface area contributed by atoms with Crippen molar-refractivity contribution in [2.24, 2.45) is 16.5 Å². The summed E-state index contributed by atoms with van der Waals surface area (Å²) in [6, 6.07) is 5.44. The van der Waals surface area contributed by atoms with Crippen molar-refractivity contribution in [2.75, 3.05) is 112 Å². The first-order valence-corrected chi connectivity index (χ1v) is 22.8. The monoisotopic (exact) mass is 977 g/mol. The molecule has 2 unspecified atom stereocenters.